The van der Waals surface area contributed by atoms with Crippen LogP contribution in [-0.2, 0) is 6.54 Å². The number of nitrogens with zero attached hydrogens (tertiary/aromatic N) is 2. The van der Waals surface area contributed by atoms with E-state index in [1.54, 1.807) is 36.7 Å². The van der Waals surface area contributed by atoms with Crippen LogP contribution in [0.25, 0.3) is 10.9 Å². The van der Waals surface area contributed by atoms with Crippen LogP contribution in [0.5, 0.6) is 11.5 Å². The number of benzene rings is 2. The highest BCUT2D eigenvalue weighted by Gasteiger charge is 2.24. The molecule has 0 atom stereocenters. The summed E-state index contributed by atoms with van der Waals surface area (Å²) >= 11 is 0. The van der Waals surface area contributed by atoms with Gasteiger partial charge in [-0.3, -0.25) is 19.6 Å². The molecule has 0 saturated heterocycles. The fourth-order valence-electron chi connectivity index (χ4n) is 3.88. The third-order valence-corrected chi connectivity index (χ3v) is 6.03. The van der Waals surface area contributed by atoms with E-state index in [0.717, 1.165) is 40.4 Å². The number of hydrogen-bond acceptors (Lipinski definition) is 5. The molecule has 7 heteroatoms. The standard InChI is InChI=1S/C28H26N4O3/c1-17-6-9-22-23(14-17)29-13-11-26(22)35-25-5-3-4-21(18(25)2)27(33)31-16-19-10-12-30-24(15-19)28(34)32-20-7-8-20/h3-6,9-15,20H,7-8,16H2,1-2H3,(H,31,33)(H,32,34). The van der Waals surface area contributed by atoms with Crippen LogP contribution in [-0.4, -0.2) is 27.8 Å². The second-order valence-electron chi connectivity index (χ2n) is 8.84. The number of carbonyl (C=O) groups excluding carboxylic acids is 2. The summed E-state index contributed by atoms with van der Waals surface area (Å²) in [4.78, 5) is 33.8. The Kier molecular flexibility index (Phi) is 6.14. The van der Waals surface area contributed by atoms with E-state index in [2.05, 4.69) is 20.6 Å². The molecule has 2 N–H and O–H groups in total. The van der Waals surface area contributed by atoms with Crippen molar-refractivity contribution in [2.24, 2.45) is 0 Å². The van der Waals surface area contributed by atoms with Crippen LogP contribution < -0.4 is 15.4 Å². The number of pyridine rings is 2. The van der Waals surface area contributed by atoms with Crippen LogP contribution in [0.2, 0.25) is 0 Å². The van der Waals surface area contributed by atoms with Crippen LogP contribution in [0.4, 0.5) is 0 Å². The van der Waals surface area contributed by atoms with Gasteiger partial charge in [0, 0.05) is 41.5 Å². The zero-order valence-corrected chi connectivity index (χ0v) is 19.7. The first-order valence-electron chi connectivity index (χ1n) is 11.6. The first kappa shape index (κ1) is 22.5. The molecule has 35 heavy (non-hydrogen) atoms. The molecule has 2 heterocycles. The predicted molar refractivity (Wildman–Crippen MR) is 134 cm³/mol. The van der Waals surface area contributed by atoms with Crippen molar-refractivity contribution in [1.82, 2.24) is 20.6 Å². The molecule has 2 aromatic carbocycles. The minimum atomic E-state index is -0.219. The molecule has 0 aliphatic heterocycles. The van der Waals surface area contributed by atoms with Gasteiger partial charge in [0.1, 0.15) is 17.2 Å². The lowest BCUT2D eigenvalue weighted by Crippen LogP contribution is -2.27. The molecule has 7 nitrogen and oxygen atoms in total. The van der Waals surface area contributed by atoms with Gasteiger partial charge < -0.3 is 15.4 Å². The third kappa shape index (κ3) is 5.14. The Hall–Kier alpha value is -4.26. The molecule has 0 unspecified atom stereocenters. The fourth-order valence-corrected chi connectivity index (χ4v) is 3.88. The van der Waals surface area contributed by atoms with Crippen molar-refractivity contribution in [2.45, 2.75) is 39.3 Å². The minimum absolute atomic E-state index is 0.180. The SMILES string of the molecule is Cc1ccc2c(Oc3cccc(C(=O)NCc4ccnc(C(=O)NC5CC5)c4)c3C)ccnc2c1. The van der Waals surface area contributed by atoms with Gasteiger partial charge in [-0.25, -0.2) is 0 Å². The highest BCUT2D eigenvalue weighted by Crippen LogP contribution is 2.32. The number of aromatic nitrogens is 2. The number of fused-ring (bicyclic) bond motifs is 1. The highest BCUT2D eigenvalue weighted by molar-refractivity contribution is 5.96. The smallest absolute Gasteiger partial charge is 0.270 e. The number of aryl methyl sites for hydroxylation is 1. The lowest BCUT2D eigenvalue weighted by Gasteiger charge is -2.14. The molecule has 4 aromatic rings. The maximum atomic E-state index is 13.0. The van der Waals surface area contributed by atoms with Crippen LogP contribution in [0.15, 0.2) is 67.0 Å². The van der Waals surface area contributed by atoms with E-state index in [4.69, 9.17) is 4.74 Å². The van der Waals surface area contributed by atoms with Gasteiger partial charge in [0.2, 0.25) is 0 Å². The van der Waals surface area contributed by atoms with Crippen molar-refractivity contribution in [1.29, 1.82) is 0 Å². The fraction of sp³-hybridized carbons (Fsp3) is 0.214. The summed E-state index contributed by atoms with van der Waals surface area (Å²) in [6, 6.07) is 17.0. The molecule has 5 rings (SSSR count). The molecule has 0 bridgehead atoms. The number of carbonyl (C=O) groups is 2. The van der Waals surface area contributed by atoms with Gasteiger partial charge in [0.05, 0.1) is 5.52 Å². The summed E-state index contributed by atoms with van der Waals surface area (Å²) in [5.74, 6) is 0.891. The molecule has 2 amide bonds. The first-order valence-corrected chi connectivity index (χ1v) is 11.6. The highest BCUT2D eigenvalue weighted by atomic mass is 16.5. The second-order valence-corrected chi connectivity index (χ2v) is 8.84. The Labute approximate surface area is 203 Å². The predicted octanol–water partition coefficient (Wildman–Crippen LogP) is 4.86. The zero-order valence-electron chi connectivity index (χ0n) is 19.7. The monoisotopic (exact) mass is 466 g/mol. The van der Waals surface area contributed by atoms with Crippen molar-refractivity contribution >= 4 is 22.7 Å². The maximum Gasteiger partial charge on any atom is 0.270 e. The number of ether oxygens (including phenoxy) is 1. The van der Waals surface area contributed by atoms with E-state index < -0.39 is 0 Å². The van der Waals surface area contributed by atoms with E-state index in [1.807, 2.05) is 44.2 Å². The van der Waals surface area contributed by atoms with Crippen molar-refractivity contribution < 1.29 is 14.3 Å². The number of rotatable bonds is 7. The molecule has 2 aromatic heterocycles. The Morgan fingerprint density at radius 1 is 0.943 bits per heavy atom. The van der Waals surface area contributed by atoms with Gasteiger partial charge in [0.15, 0.2) is 0 Å². The molecule has 1 aliphatic rings. The summed E-state index contributed by atoms with van der Waals surface area (Å²) in [6.07, 6.45) is 5.34. The van der Waals surface area contributed by atoms with Crippen molar-refractivity contribution in [2.75, 3.05) is 0 Å². The first-order chi connectivity index (χ1) is 17.0. The molecule has 176 valence electrons. The lowest BCUT2D eigenvalue weighted by atomic mass is 10.1. The van der Waals surface area contributed by atoms with Crippen LogP contribution in [0.1, 0.15) is 50.4 Å². The molecule has 0 spiro atoms. The topological polar surface area (TPSA) is 93.2 Å². The Bertz CT molecular complexity index is 1430. The van der Waals surface area contributed by atoms with Crippen molar-refractivity contribution in [3.63, 3.8) is 0 Å². The normalized spacial score (nSPS) is 12.9. The molecule has 0 radical (unpaired) electrons. The second kappa shape index (κ2) is 9.54. The van der Waals surface area contributed by atoms with E-state index in [-0.39, 0.29) is 24.4 Å². The summed E-state index contributed by atoms with van der Waals surface area (Å²) in [5.41, 5.74) is 4.41. The Balaban J connectivity index is 1.30. The van der Waals surface area contributed by atoms with E-state index >= 15 is 0 Å². The average Bonchev–Trinajstić information content (AvgIpc) is 3.68. The van der Waals surface area contributed by atoms with Gasteiger partial charge in [-0.2, -0.15) is 0 Å². The van der Waals surface area contributed by atoms with Gasteiger partial charge in [-0.1, -0.05) is 12.1 Å². The molecular formula is C28H26N4O3. The van der Waals surface area contributed by atoms with E-state index in [9.17, 15) is 9.59 Å². The van der Waals surface area contributed by atoms with Crippen LogP contribution >= 0.6 is 0 Å². The summed E-state index contributed by atoms with van der Waals surface area (Å²) in [5, 5.41) is 6.78. The van der Waals surface area contributed by atoms with Gasteiger partial charge >= 0.3 is 0 Å². The molecule has 1 aliphatic carbocycles. The molecule has 1 saturated carbocycles. The summed E-state index contributed by atoms with van der Waals surface area (Å²) < 4.78 is 6.22. The quantitative estimate of drug-likeness (QED) is 0.406. The minimum Gasteiger partial charge on any atom is -0.456 e. The van der Waals surface area contributed by atoms with Crippen LogP contribution in [0, 0.1) is 13.8 Å². The average molecular weight is 467 g/mol. The third-order valence-electron chi connectivity index (χ3n) is 6.03. The zero-order chi connectivity index (χ0) is 24.4. The largest absolute Gasteiger partial charge is 0.456 e. The van der Waals surface area contributed by atoms with Crippen molar-refractivity contribution in [3.8, 4) is 11.5 Å². The van der Waals surface area contributed by atoms with Crippen LogP contribution in [0.3, 0.4) is 0 Å². The Morgan fingerprint density at radius 2 is 1.77 bits per heavy atom. The summed E-state index contributed by atoms with van der Waals surface area (Å²) in [7, 11) is 0. The van der Waals surface area contributed by atoms with Crippen molar-refractivity contribution in [3.05, 3.63) is 94.9 Å². The summed E-state index contributed by atoms with van der Waals surface area (Å²) in [6.45, 7) is 4.17. The van der Waals surface area contributed by atoms with E-state index in [1.165, 1.54) is 0 Å². The lowest BCUT2D eigenvalue weighted by molar-refractivity contribution is 0.0942. The maximum absolute atomic E-state index is 13.0. The Morgan fingerprint density at radius 3 is 2.60 bits per heavy atom. The molecule has 1 fully saturated rings. The molecular weight excluding hydrogens is 440 g/mol. The van der Waals surface area contributed by atoms with Gasteiger partial charge in [0.25, 0.3) is 11.8 Å². The van der Waals surface area contributed by atoms with Gasteiger partial charge in [-0.05, 0) is 80.3 Å². The number of nitrogens with one attached hydrogen (secondary N) is 2. The van der Waals surface area contributed by atoms with Gasteiger partial charge in [-0.15, -0.1) is 0 Å². The number of hydrogen-bond donors (Lipinski definition) is 2. The van der Waals surface area contributed by atoms with E-state index in [0.29, 0.717) is 22.8 Å². The number of amides is 2.